The Hall–Kier alpha value is -1.87. The van der Waals surface area contributed by atoms with Crippen molar-refractivity contribution in [1.82, 2.24) is 9.78 Å². The van der Waals surface area contributed by atoms with E-state index < -0.39 is 30.4 Å². The smallest absolute Gasteiger partial charge is 0.423 e. The molecule has 9 heteroatoms. The van der Waals surface area contributed by atoms with Crippen LogP contribution < -0.4 is 5.46 Å². The average molecular weight is 274 g/mol. The summed E-state index contributed by atoms with van der Waals surface area (Å²) in [6, 6.07) is 2.13. The van der Waals surface area contributed by atoms with E-state index in [1.165, 1.54) is 0 Å². The Morgan fingerprint density at radius 2 is 1.89 bits per heavy atom. The number of alkyl halides is 3. The van der Waals surface area contributed by atoms with Gasteiger partial charge in [0.05, 0.1) is 11.3 Å². The number of rotatable bonds is 2. The minimum atomic E-state index is -4.75. The molecule has 0 saturated carbocycles. The topological polar surface area (TPSA) is 58.3 Å². The van der Waals surface area contributed by atoms with Crippen LogP contribution in [0.15, 0.2) is 30.6 Å². The second kappa shape index (κ2) is 4.67. The van der Waals surface area contributed by atoms with Gasteiger partial charge in [-0.2, -0.15) is 18.3 Å². The van der Waals surface area contributed by atoms with Gasteiger partial charge in [-0.25, -0.2) is 9.07 Å². The highest BCUT2D eigenvalue weighted by Gasteiger charge is 2.34. The Labute approximate surface area is 105 Å². The van der Waals surface area contributed by atoms with Gasteiger partial charge in [-0.3, -0.25) is 0 Å². The lowest BCUT2D eigenvalue weighted by Gasteiger charge is -2.12. The van der Waals surface area contributed by atoms with Gasteiger partial charge >= 0.3 is 13.3 Å². The van der Waals surface area contributed by atoms with Crippen LogP contribution in [0.4, 0.5) is 17.6 Å². The van der Waals surface area contributed by atoms with Gasteiger partial charge in [0.1, 0.15) is 5.82 Å². The van der Waals surface area contributed by atoms with Crippen molar-refractivity contribution in [2.24, 2.45) is 0 Å². The first-order valence-electron chi connectivity index (χ1n) is 5.07. The Balaban J connectivity index is 2.55. The predicted octanol–water partition coefficient (Wildman–Crippen LogP) is 0.710. The normalized spacial score (nSPS) is 11.7. The van der Waals surface area contributed by atoms with Crippen molar-refractivity contribution in [3.63, 3.8) is 0 Å². The molecule has 1 aromatic carbocycles. The third kappa shape index (κ3) is 2.77. The van der Waals surface area contributed by atoms with Crippen LogP contribution >= 0.6 is 0 Å². The molecule has 0 radical (unpaired) electrons. The first-order chi connectivity index (χ1) is 8.79. The highest BCUT2D eigenvalue weighted by molar-refractivity contribution is 6.58. The third-order valence-electron chi connectivity index (χ3n) is 2.41. The van der Waals surface area contributed by atoms with Crippen LogP contribution in [-0.4, -0.2) is 26.9 Å². The number of aromatic nitrogens is 2. The minimum absolute atomic E-state index is 0.0718. The van der Waals surface area contributed by atoms with Crippen LogP contribution in [0.5, 0.6) is 0 Å². The molecule has 0 unspecified atom stereocenters. The van der Waals surface area contributed by atoms with Gasteiger partial charge in [0.25, 0.3) is 0 Å². The van der Waals surface area contributed by atoms with Crippen LogP contribution in [0.25, 0.3) is 5.69 Å². The second-order valence-electron chi connectivity index (χ2n) is 3.75. The zero-order chi connectivity index (χ0) is 14.2. The van der Waals surface area contributed by atoms with Crippen LogP contribution in [-0.2, 0) is 6.18 Å². The monoisotopic (exact) mass is 274 g/mol. The summed E-state index contributed by atoms with van der Waals surface area (Å²) in [5.41, 5.74) is -1.67. The molecule has 0 amide bonds. The molecule has 0 fully saturated rings. The molecule has 0 saturated heterocycles. The molecular weight excluding hydrogens is 267 g/mol. The first kappa shape index (κ1) is 13.6. The minimum Gasteiger partial charge on any atom is -0.423 e. The molecule has 1 aromatic heterocycles. The summed E-state index contributed by atoms with van der Waals surface area (Å²) >= 11 is 0. The molecule has 0 aliphatic rings. The number of benzene rings is 1. The predicted molar refractivity (Wildman–Crippen MR) is 58.3 cm³/mol. The van der Waals surface area contributed by atoms with E-state index in [4.69, 9.17) is 10.0 Å². The summed E-state index contributed by atoms with van der Waals surface area (Å²) in [4.78, 5) is 0. The molecule has 4 nitrogen and oxygen atoms in total. The summed E-state index contributed by atoms with van der Waals surface area (Å²) in [5, 5.41) is 21.3. The van der Waals surface area contributed by atoms with E-state index in [1.54, 1.807) is 0 Å². The van der Waals surface area contributed by atoms with E-state index >= 15 is 0 Å². The van der Waals surface area contributed by atoms with Gasteiger partial charge in [-0.15, -0.1) is 0 Å². The van der Waals surface area contributed by atoms with E-state index in [0.29, 0.717) is 6.07 Å². The van der Waals surface area contributed by atoms with Gasteiger partial charge in [0, 0.05) is 17.9 Å². The molecule has 0 bridgehead atoms. The molecule has 2 N–H and O–H groups in total. The fourth-order valence-electron chi connectivity index (χ4n) is 1.54. The zero-order valence-corrected chi connectivity index (χ0v) is 9.26. The Bertz CT molecular complexity index is 597. The fraction of sp³-hybridized carbons (Fsp3) is 0.100. The molecule has 100 valence electrons. The number of hydrogen-bond acceptors (Lipinski definition) is 3. The molecule has 0 aliphatic heterocycles. The van der Waals surface area contributed by atoms with Gasteiger partial charge in [0.15, 0.2) is 0 Å². The quantitative estimate of drug-likeness (QED) is 0.626. The van der Waals surface area contributed by atoms with Gasteiger partial charge in [-0.05, 0) is 18.2 Å². The van der Waals surface area contributed by atoms with E-state index in [1.807, 2.05) is 0 Å². The average Bonchev–Trinajstić information content (AvgIpc) is 2.77. The molecule has 0 aliphatic carbocycles. The molecule has 0 atom stereocenters. The number of hydrogen-bond donors (Lipinski definition) is 2. The largest absolute Gasteiger partial charge is 0.491 e. The maximum Gasteiger partial charge on any atom is 0.491 e. The summed E-state index contributed by atoms with van der Waals surface area (Å²) in [6.45, 7) is 0. The molecule has 0 spiro atoms. The third-order valence-corrected chi connectivity index (χ3v) is 2.41. The maximum absolute atomic E-state index is 12.9. The van der Waals surface area contributed by atoms with Crippen molar-refractivity contribution in [2.45, 2.75) is 6.18 Å². The molecule has 19 heavy (non-hydrogen) atoms. The van der Waals surface area contributed by atoms with E-state index in [2.05, 4.69) is 5.10 Å². The first-order valence-corrected chi connectivity index (χ1v) is 5.07. The Morgan fingerprint density at radius 1 is 1.21 bits per heavy atom. The van der Waals surface area contributed by atoms with Crippen LogP contribution in [0.2, 0.25) is 0 Å². The highest BCUT2D eigenvalue weighted by Crippen LogP contribution is 2.33. The zero-order valence-electron chi connectivity index (χ0n) is 9.26. The molecule has 1 heterocycles. The molecule has 2 rings (SSSR count). The van der Waals surface area contributed by atoms with Crippen molar-refractivity contribution < 1.29 is 27.6 Å². The summed E-state index contributed by atoms with van der Waals surface area (Å²) < 4.78 is 52.0. The van der Waals surface area contributed by atoms with Crippen LogP contribution in [0, 0.1) is 5.82 Å². The Kier molecular flexibility index (Phi) is 3.33. The Morgan fingerprint density at radius 3 is 2.42 bits per heavy atom. The number of nitrogens with zero attached hydrogens (tertiary/aromatic N) is 2. The lowest BCUT2D eigenvalue weighted by Crippen LogP contribution is -2.28. The SMILES string of the molecule is OB(O)c1cnn(-c2ccc(F)cc2C(F)(F)F)c1. The van der Waals surface area contributed by atoms with E-state index in [-0.39, 0.29) is 5.46 Å². The standard InChI is InChI=1S/C10H7BF4N2O2/c12-7-1-2-9(8(3-7)10(13,14)15)17-5-6(4-16-17)11(18)19/h1-5,18-19H. The molecular formula is C10H7BF4N2O2. The highest BCUT2D eigenvalue weighted by atomic mass is 19.4. The van der Waals surface area contributed by atoms with E-state index in [9.17, 15) is 17.6 Å². The number of halogens is 4. The maximum atomic E-state index is 12.9. The van der Waals surface area contributed by atoms with Crippen molar-refractivity contribution >= 4 is 12.6 Å². The van der Waals surface area contributed by atoms with Crippen LogP contribution in [0.1, 0.15) is 5.56 Å². The second-order valence-corrected chi connectivity index (χ2v) is 3.75. The summed E-state index contributed by atoms with van der Waals surface area (Å²) in [5.74, 6) is -1.02. The fourth-order valence-corrected chi connectivity index (χ4v) is 1.54. The summed E-state index contributed by atoms with van der Waals surface area (Å²) in [6.07, 6.45) is -2.72. The van der Waals surface area contributed by atoms with Gasteiger partial charge in [0.2, 0.25) is 0 Å². The molecule has 2 aromatic rings. The lowest BCUT2D eigenvalue weighted by molar-refractivity contribution is -0.137. The van der Waals surface area contributed by atoms with Crippen molar-refractivity contribution in [3.05, 3.63) is 42.0 Å². The summed E-state index contributed by atoms with van der Waals surface area (Å²) in [7, 11) is -1.84. The lowest BCUT2D eigenvalue weighted by atomic mass is 9.83. The van der Waals surface area contributed by atoms with Gasteiger partial charge in [-0.1, -0.05) is 0 Å². The van der Waals surface area contributed by atoms with Crippen LogP contribution in [0.3, 0.4) is 0 Å². The van der Waals surface area contributed by atoms with Crippen molar-refractivity contribution in [1.29, 1.82) is 0 Å². The van der Waals surface area contributed by atoms with Crippen molar-refractivity contribution in [2.75, 3.05) is 0 Å². The van der Waals surface area contributed by atoms with E-state index in [0.717, 1.165) is 29.2 Å². The van der Waals surface area contributed by atoms with Gasteiger partial charge < -0.3 is 10.0 Å². The van der Waals surface area contributed by atoms with Crippen molar-refractivity contribution in [3.8, 4) is 5.69 Å².